The van der Waals surface area contributed by atoms with E-state index in [1.165, 1.54) is 23.6 Å². The third-order valence-electron chi connectivity index (χ3n) is 2.27. The number of aromatic nitrogens is 1. The Morgan fingerprint density at radius 2 is 2.10 bits per heavy atom. The maximum Gasteiger partial charge on any atom is 0.328 e. The summed E-state index contributed by atoms with van der Waals surface area (Å²) >= 11 is 1.18. The summed E-state index contributed by atoms with van der Waals surface area (Å²) in [5, 5.41) is 11.5. The van der Waals surface area contributed by atoms with Gasteiger partial charge in [-0.05, 0) is 18.2 Å². The van der Waals surface area contributed by atoms with E-state index < -0.39 is 5.97 Å². The Hall–Kier alpha value is -2.67. The number of nitrogens with one attached hydrogen (secondary N) is 1. The van der Waals surface area contributed by atoms with Crippen molar-refractivity contribution in [2.24, 2.45) is 0 Å². The smallest absolute Gasteiger partial charge is 0.328 e. The van der Waals surface area contributed by atoms with Crippen molar-refractivity contribution in [2.75, 3.05) is 11.9 Å². The molecule has 2 rings (SSSR count). The number of para-hydroxylation sites is 1. The summed E-state index contributed by atoms with van der Waals surface area (Å²) < 4.78 is 5.30. The molecule has 1 heterocycles. The molecular weight excluding hydrogens is 292 g/mol. The highest BCUT2D eigenvalue weighted by atomic mass is 32.1. The van der Waals surface area contributed by atoms with E-state index in [1.807, 2.05) is 18.2 Å². The van der Waals surface area contributed by atoms with Crippen LogP contribution in [0.25, 0.3) is 6.08 Å². The second kappa shape index (κ2) is 7.20. The van der Waals surface area contributed by atoms with E-state index in [1.54, 1.807) is 12.1 Å². The zero-order valence-electron chi connectivity index (χ0n) is 10.9. The topological polar surface area (TPSA) is 88.5 Å². The molecule has 108 valence electrons. The van der Waals surface area contributed by atoms with Gasteiger partial charge in [0.25, 0.3) is 5.91 Å². The van der Waals surface area contributed by atoms with Gasteiger partial charge in [-0.3, -0.25) is 10.1 Å². The summed E-state index contributed by atoms with van der Waals surface area (Å²) in [6.07, 6.45) is 3.91. The van der Waals surface area contributed by atoms with E-state index >= 15 is 0 Å². The molecule has 2 aromatic rings. The number of amides is 1. The number of aliphatic carboxylic acids is 1. The van der Waals surface area contributed by atoms with Crippen molar-refractivity contribution in [3.05, 3.63) is 47.5 Å². The Labute approximate surface area is 124 Å². The monoisotopic (exact) mass is 304 g/mol. The standard InChI is InChI=1S/C14H12N2O4S/c17-12(9-20-10-4-2-1-3-5-10)16-14-15-8-11(21-14)6-7-13(18)19/h1-8H,9H2,(H,18,19)(H,15,16,17). The van der Waals surface area contributed by atoms with Crippen molar-refractivity contribution in [1.82, 2.24) is 4.98 Å². The van der Waals surface area contributed by atoms with Gasteiger partial charge in [-0.25, -0.2) is 9.78 Å². The van der Waals surface area contributed by atoms with Crippen LogP contribution in [0.1, 0.15) is 4.88 Å². The summed E-state index contributed by atoms with van der Waals surface area (Å²) in [6.45, 7) is -0.121. The van der Waals surface area contributed by atoms with Crippen molar-refractivity contribution >= 4 is 34.4 Å². The van der Waals surface area contributed by atoms with Gasteiger partial charge < -0.3 is 9.84 Å². The fourth-order valence-corrected chi connectivity index (χ4v) is 2.13. The molecule has 0 bridgehead atoms. The number of hydrogen-bond donors (Lipinski definition) is 2. The fraction of sp³-hybridized carbons (Fsp3) is 0.0714. The molecular formula is C14H12N2O4S. The number of thiazole rings is 1. The summed E-state index contributed by atoms with van der Waals surface area (Å²) in [7, 11) is 0. The van der Waals surface area contributed by atoms with Gasteiger partial charge in [0.2, 0.25) is 0 Å². The number of nitrogens with zero attached hydrogens (tertiary/aromatic N) is 1. The molecule has 1 aromatic carbocycles. The molecule has 0 fully saturated rings. The largest absolute Gasteiger partial charge is 0.484 e. The molecule has 21 heavy (non-hydrogen) atoms. The van der Waals surface area contributed by atoms with Crippen LogP contribution in [0, 0.1) is 0 Å². The van der Waals surface area contributed by atoms with E-state index in [-0.39, 0.29) is 12.5 Å². The first-order valence-electron chi connectivity index (χ1n) is 5.98. The number of carbonyl (C=O) groups is 2. The molecule has 1 amide bonds. The maximum absolute atomic E-state index is 11.7. The minimum absolute atomic E-state index is 0.121. The molecule has 0 aliphatic heterocycles. The highest BCUT2D eigenvalue weighted by Gasteiger charge is 2.06. The molecule has 6 nitrogen and oxygen atoms in total. The lowest BCUT2D eigenvalue weighted by atomic mass is 10.3. The zero-order chi connectivity index (χ0) is 15.1. The summed E-state index contributed by atoms with van der Waals surface area (Å²) in [5.74, 6) is -0.760. The average Bonchev–Trinajstić information content (AvgIpc) is 2.91. The first kappa shape index (κ1) is 14.7. The van der Waals surface area contributed by atoms with E-state index in [0.29, 0.717) is 15.8 Å². The van der Waals surface area contributed by atoms with Gasteiger partial charge in [-0.15, -0.1) is 0 Å². The van der Waals surface area contributed by atoms with Crippen LogP contribution in [0.4, 0.5) is 5.13 Å². The van der Waals surface area contributed by atoms with Crippen molar-refractivity contribution in [1.29, 1.82) is 0 Å². The normalized spacial score (nSPS) is 10.5. The third-order valence-corrected chi connectivity index (χ3v) is 3.15. The van der Waals surface area contributed by atoms with E-state index in [9.17, 15) is 9.59 Å². The first-order chi connectivity index (χ1) is 10.1. The zero-order valence-corrected chi connectivity index (χ0v) is 11.7. The van der Waals surface area contributed by atoms with Crippen LogP contribution in [0.3, 0.4) is 0 Å². The molecule has 0 radical (unpaired) electrons. The molecule has 2 N–H and O–H groups in total. The van der Waals surface area contributed by atoms with E-state index in [2.05, 4.69) is 10.3 Å². The number of hydrogen-bond acceptors (Lipinski definition) is 5. The molecule has 0 atom stereocenters. The van der Waals surface area contributed by atoms with Crippen LogP contribution in [0.2, 0.25) is 0 Å². The second-order valence-electron chi connectivity index (χ2n) is 3.89. The molecule has 0 spiro atoms. The van der Waals surface area contributed by atoms with Crippen molar-refractivity contribution < 1.29 is 19.4 Å². The predicted molar refractivity (Wildman–Crippen MR) is 79.4 cm³/mol. The van der Waals surface area contributed by atoms with Gasteiger partial charge >= 0.3 is 5.97 Å². The molecule has 1 aromatic heterocycles. The van der Waals surface area contributed by atoms with Crippen molar-refractivity contribution in [3.63, 3.8) is 0 Å². The Bertz CT molecular complexity index is 652. The summed E-state index contributed by atoms with van der Waals surface area (Å²) in [6, 6.07) is 9.00. The van der Waals surface area contributed by atoms with Crippen molar-refractivity contribution in [3.8, 4) is 5.75 Å². The van der Waals surface area contributed by atoms with Crippen LogP contribution in [-0.2, 0) is 9.59 Å². The lowest BCUT2D eigenvalue weighted by Crippen LogP contribution is -2.19. The highest BCUT2D eigenvalue weighted by Crippen LogP contribution is 2.19. The second-order valence-corrected chi connectivity index (χ2v) is 4.95. The van der Waals surface area contributed by atoms with Crippen LogP contribution in [-0.4, -0.2) is 28.6 Å². The minimum Gasteiger partial charge on any atom is -0.484 e. The van der Waals surface area contributed by atoms with Crippen molar-refractivity contribution in [2.45, 2.75) is 0 Å². The average molecular weight is 304 g/mol. The van der Waals surface area contributed by atoms with Gasteiger partial charge in [-0.1, -0.05) is 29.5 Å². The summed E-state index contributed by atoms with van der Waals surface area (Å²) in [4.78, 5) is 26.7. The van der Waals surface area contributed by atoms with Gasteiger partial charge in [0.15, 0.2) is 11.7 Å². The van der Waals surface area contributed by atoms with Crippen LogP contribution >= 0.6 is 11.3 Å². The molecule has 0 unspecified atom stereocenters. The number of anilines is 1. The third kappa shape index (κ3) is 5.07. The van der Waals surface area contributed by atoms with Crippen LogP contribution in [0.5, 0.6) is 5.75 Å². The Kier molecular flexibility index (Phi) is 5.05. The lowest BCUT2D eigenvalue weighted by Gasteiger charge is -2.04. The Morgan fingerprint density at radius 3 is 2.81 bits per heavy atom. The molecule has 0 aliphatic carbocycles. The number of benzene rings is 1. The van der Waals surface area contributed by atoms with Crippen LogP contribution < -0.4 is 10.1 Å². The van der Waals surface area contributed by atoms with Gasteiger partial charge in [0, 0.05) is 17.2 Å². The molecule has 0 saturated carbocycles. The predicted octanol–water partition coefficient (Wildman–Crippen LogP) is 2.26. The first-order valence-corrected chi connectivity index (χ1v) is 6.79. The van der Waals surface area contributed by atoms with Crippen LogP contribution in [0.15, 0.2) is 42.6 Å². The van der Waals surface area contributed by atoms with Gasteiger partial charge in [-0.2, -0.15) is 0 Å². The molecule has 0 saturated heterocycles. The maximum atomic E-state index is 11.7. The van der Waals surface area contributed by atoms with Gasteiger partial charge in [0.1, 0.15) is 5.75 Å². The number of carboxylic acids is 1. The Morgan fingerprint density at radius 1 is 1.33 bits per heavy atom. The summed E-state index contributed by atoms with van der Waals surface area (Å²) in [5.41, 5.74) is 0. The molecule has 7 heteroatoms. The van der Waals surface area contributed by atoms with E-state index in [4.69, 9.17) is 9.84 Å². The number of carboxylic acid groups (broad SMARTS) is 1. The molecule has 0 aliphatic rings. The lowest BCUT2D eigenvalue weighted by molar-refractivity contribution is -0.131. The number of rotatable bonds is 6. The number of ether oxygens (including phenoxy) is 1. The highest BCUT2D eigenvalue weighted by molar-refractivity contribution is 7.16. The van der Waals surface area contributed by atoms with Gasteiger partial charge in [0.05, 0.1) is 0 Å². The number of carbonyl (C=O) groups excluding carboxylic acids is 1. The fourth-order valence-electron chi connectivity index (χ4n) is 1.40. The van der Waals surface area contributed by atoms with E-state index in [0.717, 1.165) is 6.08 Å². The Balaban J connectivity index is 1.84. The SMILES string of the molecule is O=C(O)C=Cc1cnc(NC(=O)COc2ccccc2)s1. The quantitative estimate of drug-likeness (QED) is 0.799. The minimum atomic E-state index is -1.04.